The second kappa shape index (κ2) is 6.90. The number of ether oxygens (including phenoxy) is 1. The second-order valence-corrected chi connectivity index (χ2v) is 5.79. The summed E-state index contributed by atoms with van der Waals surface area (Å²) in [7, 11) is 1.49. The molecule has 3 rings (SSSR count). The highest BCUT2D eigenvalue weighted by Gasteiger charge is 2.14. The molecule has 25 heavy (non-hydrogen) atoms. The third kappa shape index (κ3) is 3.46. The van der Waals surface area contributed by atoms with E-state index in [2.05, 4.69) is 20.3 Å². The summed E-state index contributed by atoms with van der Waals surface area (Å²) in [6.45, 7) is 3.85. The number of aromatic nitrogens is 4. The van der Waals surface area contributed by atoms with E-state index >= 15 is 0 Å². The van der Waals surface area contributed by atoms with Gasteiger partial charge in [-0.05, 0) is 32.0 Å². The van der Waals surface area contributed by atoms with Gasteiger partial charge >= 0.3 is 0 Å². The molecule has 2 heterocycles. The van der Waals surface area contributed by atoms with Gasteiger partial charge in [-0.3, -0.25) is 9.36 Å². The normalized spacial score (nSPS) is 10.6. The number of carbonyl (C=O) groups is 1. The summed E-state index contributed by atoms with van der Waals surface area (Å²) >= 11 is 5.96. The maximum absolute atomic E-state index is 12.4. The molecule has 0 aliphatic heterocycles. The minimum atomic E-state index is -0.356. The van der Waals surface area contributed by atoms with Crippen LogP contribution in [0, 0.1) is 13.8 Å². The summed E-state index contributed by atoms with van der Waals surface area (Å²) in [5, 5.41) is 3.18. The minimum absolute atomic E-state index is 0.333. The number of halogens is 1. The second-order valence-electron chi connectivity index (χ2n) is 5.36. The Labute approximate surface area is 149 Å². The lowest BCUT2D eigenvalue weighted by Gasteiger charge is -2.10. The van der Waals surface area contributed by atoms with Crippen molar-refractivity contribution in [1.29, 1.82) is 0 Å². The first-order chi connectivity index (χ1) is 12.0. The standard InChI is InChI=1S/C17H16ClN5O2/c1-10-11(2)23(9-21-10)17-19-7-13(8-20-17)22-16(24)14-6-12(18)4-5-15(14)25-3/h4-9H,1-3H3,(H,22,24). The van der Waals surface area contributed by atoms with Crippen LogP contribution >= 0.6 is 11.6 Å². The predicted octanol–water partition coefficient (Wildman–Crippen LogP) is 3.19. The molecule has 0 saturated carbocycles. The van der Waals surface area contributed by atoms with Crippen molar-refractivity contribution in [3.63, 3.8) is 0 Å². The molecule has 2 aromatic heterocycles. The Balaban J connectivity index is 1.81. The van der Waals surface area contributed by atoms with E-state index in [-0.39, 0.29) is 5.91 Å². The Morgan fingerprint density at radius 1 is 1.20 bits per heavy atom. The first kappa shape index (κ1) is 16.9. The van der Waals surface area contributed by atoms with Crippen LogP contribution in [0.15, 0.2) is 36.9 Å². The van der Waals surface area contributed by atoms with Crippen molar-refractivity contribution in [2.24, 2.45) is 0 Å². The Bertz CT molecular complexity index is 921. The maximum atomic E-state index is 12.4. The zero-order valence-electron chi connectivity index (χ0n) is 13.9. The molecule has 8 heteroatoms. The average Bonchev–Trinajstić information content (AvgIpc) is 2.95. The van der Waals surface area contributed by atoms with E-state index < -0.39 is 0 Å². The lowest BCUT2D eigenvalue weighted by Crippen LogP contribution is -2.14. The molecule has 3 aromatic rings. The highest BCUT2D eigenvalue weighted by Crippen LogP contribution is 2.23. The van der Waals surface area contributed by atoms with Gasteiger partial charge in [-0.25, -0.2) is 15.0 Å². The number of hydrogen-bond donors (Lipinski definition) is 1. The molecule has 128 valence electrons. The van der Waals surface area contributed by atoms with E-state index in [4.69, 9.17) is 16.3 Å². The van der Waals surface area contributed by atoms with Crippen molar-refractivity contribution in [2.75, 3.05) is 12.4 Å². The van der Waals surface area contributed by atoms with Crippen LogP contribution in [0.1, 0.15) is 21.7 Å². The molecule has 0 atom stereocenters. The lowest BCUT2D eigenvalue weighted by atomic mass is 10.2. The van der Waals surface area contributed by atoms with Gasteiger partial charge in [0.1, 0.15) is 12.1 Å². The largest absolute Gasteiger partial charge is 0.496 e. The van der Waals surface area contributed by atoms with Gasteiger partial charge in [0.2, 0.25) is 5.95 Å². The predicted molar refractivity (Wildman–Crippen MR) is 94.6 cm³/mol. The van der Waals surface area contributed by atoms with Gasteiger partial charge in [-0.1, -0.05) is 11.6 Å². The van der Waals surface area contributed by atoms with Crippen molar-refractivity contribution < 1.29 is 9.53 Å². The molecule has 1 aromatic carbocycles. The molecule has 7 nitrogen and oxygen atoms in total. The monoisotopic (exact) mass is 357 g/mol. The summed E-state index contributed by atoms with van der Waals surface area (Å²) in [5.74, 6) is 0.561. The number of nitrogens with zero attached hydrogens (tertiary/aromatic N) is 4. The molecular formula is C17H16ClN5O2. The fourth-order valence-corrected chi connectivity index (χ4v) is 2.44. The molecule has 0 fully saturated rings. The SMILES string of the molecule is COc1ccc(Cl)cc1C(=O)Nc1cnc(-n2cnc(C)c2C)nc1. The van der Waals surface area contributed by atoms with Crippen LogP contribution in [0.5, 0.6) is 5.75 Å². The number of anilines is 1. The van der Waals surface area contributed by atoms with Gasteiger partial charge < -0.3 is 10.1 Å². The van der Waals surface area contributed by atoms with Crippen LogP contribution in [0.3, 0.4) is 0 Å². The third-order valence-electron chi connectivity index (χ3n) is 3.77. The van der Waals surface area contributed by atoms with Crippen molar-refractivity contribution in [3.05, 3.63) is 58.9 Å². The fourth-order valence-electron chi connectivity index (χ4n) is 2.27. The Hall–Kier alpha value is -2.93. The maximum Gasteiger partial charge on any atom is 0.259 e. The van der Waals surface area contributed by atoms with Gasteiger partial charge in [0.25, 0.3) is 5.91 Å². The minimum Gasteiger partial charge on any atom is -0.496 e. The topological polar surface area (TPSA) is 81.9 Å². The molecule has 0 saturated heterocycles. The van der Waals surface area contributed by atoms with Crippen molar-refractivity contribution in [3.8, 4) is 11.7 Å². The van der Waals surface area contributed by atoms with Gasteiger partial charge in [-0.15, -0.1) is 0 Å². The van der Waals surface area contributed by atoms with Crippen LogP contribution in [0.4, 0.5) is 5.69 Å². The number of aryl methyl sites for hydroxylation is 1. The van der Waals surface area contributed by atoms with E-state index in [0.29, 0.717) is 28.0 Å². The van der Waals surface area contributed by atoms with E-state index in [1.807, 2.05) is 13.8 Å². The van der Waals surface area contributed by atoms with E-state index in [1.54, 1.807) is 29.1 Å². The van der Waals surface area contributed by atoms with E-state index in [9.17, 15) is 4.79 Å². The van der Waals surface area contributed by atoms with Gasteiger partial charge in [0.05, 0.1) is 36.4 Å². The number of nitrogens with one attached hydrogen (secondary N) is 1. The van der Waals surface area contributed by atoms with Crippen LogP contribution < -0.4 is 10.1 Å². The molecule has 1 amide bonds. The molecule has 0 bridgehead atoms. The number of methoxy groups -OCH3 is 1. The molecule has 0 radical (unpaired) electrons. The molecular weight excluding hydrogens is 342 g/mol. The quantitative estimate of drug-likeness (QED) is 0.775. The first-order valence-electron chi connectivity index (χ1n) is 7.47. The smallest absolute Gasteiger partial charge is 0.259 e. The summed E-state index contributed by atoms with van der Waals surface area (Å²) in [5.41, 5.74) is 2.67. The first-order valence-corrected chi connectivity index (χ1v) is 7.85. The Morgan fingerprint density at radius 3 is 2.52 bits per heavy atom. The number of imidazole rings is 1. The van der Waals surface area contributed by atoms with E-state index in [1.165, 1.54) is 19.5 Å². The zero-order valence-corrected chi connectivity index (χ0v) is 14.7. The van der Waals surface area contributed by atoms with Gasteiger partial charge in [0.15, 0.2) is 0 Å². The van der Waals surface area contributed by atoms with Crippen molar-refractivity contribution in [2.45, 2.75) is 13.8 Å². The van der Waals surface area contributed by atoms with Crippen LogP contribution in [0.25, 0.3) is 5.95 Å². The summed E-state index contributed by atoms with van der Waals surface area (Å²) < 4.78 is 6.97. The molecule has 0 aliphatic carbocycles. The van der Waals surface area contributed by atoms with Crippen molar-refractivity contribution >= 4 is 23.2 Å². The molecule has 1 N–H and O–H groups in total. The van der Waals surface area contributed by atoms with Crippen molar-refractivity contribution in [1.82, 2.24) is 19.5 Å². The summed E-state index contributed by atoms with van der Waals surface area (Å²) in [6.07, 6.45) is 4.73. The zero-order chi connectivity index (χ0) is 18.0. The van der Waals surface area contributed by atoms with Crippen LogP contribution in [0.2, 0.25) is 5.02 Å². The highest BCUT2D eigenvalue weighted by atomic mass is 35.5. The summed E-state index contributed by atoms with van der Waals surface area (Å²) in [6, 6.07) is 4.84. The molecule has 0 spiro atoms. The van der Waals surface area contributed by atoms with Crippen LogP contribution in [-0.4, -0.2) is 32.5 Å². The van der Waals surface area contributed by atoms with Gasteiger partial charge in [0, 0.05) is 10.7 Å². The highest BCUT2D eigenvalue weighted by molar-refractivity contribution is 6.31. The number of carbonyl (C=O) groups excluding carboxylic acids is 1. The van der Waals surface area contributed by atoms with Gasteiger partial charge in [-0.2, -0.15) is 0 Å². The fraction of sp³-hybridized carbons (Fsp3) is 0.176. The average molecular weight is 358 g/mol. The Kier molecular flexibility index (Phi) is 4.67. The molecule has 0 aliphatic rings. The third-order valence-corrected chi connectivity index (χ3v) is 4.00. The number of amides is 1. The molecule has 0 unspecified atom stereocenters. The summed E-state index contributed by atoms with van der Waals surface area (Å²) in [4.78, 5) is 25.2. The number of rotatable bonds is 4. The number of hydrogen-bond acceptors (Lipinski definition) is 5. The lowest BCUT2D eigenvalue weighted by molar-refractivity contribution is 0.102. The number of benzene rings is 1. The Morgan fingerprint density at radius 2 is 1.92 bits per heavy atom. The van der Waals surface area contributed by atoms with E-state index in [0.717, 1.165) is 11.4 Å². The van der Waals surface area contributed by atoms with Crippen LogP contribution in [-0.2, 0) is 0 Å².